The molecule has 1 aliphatic heterocycles. The Balaban J connectivity index is 2.22. The summed E-state index contributed by atoms with van der Waals surface area (Å²) in [7, 11) is 0. The summed E-state index contributed by atoms with van der Waals surface area (Å²) >= 11 is 3.50. The molecular weight excluding hydrogens is 238 g/mol. The Labute approximate surface area is 94.2 Å². The van der Waals surface area contributed by atoms with Crippen LogP contribution in [0, 0.1) is 6.92 Å². The standard InChI is InChI=1S/C12H16BrN/c1-10-9-11(13)5-6-12(10)14-7-3-2-4-8-14/h5-6,9H,2-4,7-8H2,1H3. The first-order chi connectivity index (χ1) is 6.77. The second-order valence-electron chi connectivity index (χ2n) is 3.98. The van der Waals surface area contributed by atoms with Crippen LogP contribution in [0.5, 0.6) is 0 Å². The topological polar surface area (TPSA) is 3.24 Å². The smallest absolute Gasteiger partial charge is 0.0396 e. The Hall–Kier alpha value is -0.500. The van der Waals surface area contributed by atoms with E-state index in [0.717, 1.165) is 0 Å². The van der Waals surface area contributed by atoms with E-state index in [4.69, 9.17) is 0 Å². The summed E-state index contributed by atoms with van der Waals surface area (Å²) < 4.78 is 1.18. The number of aryl methyl sites for hydroxylation is 1. The molecule has 76 valence electrons. The second-order valence-corrected chi connectivity index (χ2v) is 4.89. The van der Waals surface area contributed by atoms with Crippen LogP contribution in [0.25, 0.3) is 0 Å². The number of hydrogen-bond donors (Lipinski definition) is 0. The van der Waals surface area contributed by atoms with Gasteiger partial charge in [-0.25, -0.2) is 0 Å². The highest BCUT2D eigenvalue weighted by Gasteiger charge is 2.12. The molecule has 1 fully saturated rings. The molecule has 0 N–H and O–H groups in total. The van der Waals surface area contributed by atoms with Crippen molar-refractivity contribution in [3.8, 4) is 0 Å². The van der Waals surface area contributed by atoms with Crippen molar-refractivity contribution in [2.24, 2.45) is 0 Å². The van der Waals surface area contributed by atoms with Crippen molar-refractivity contribution in [1.82, 2.24) is 0 Å². The minimum Gasteiger partial charge on any atom is -0.371 e. The van der Waals surface area contributed by atoms with Crippen LogP contribution in [0.4, 0.5) is 5.69 Å². The molecule has 0 atom stereocenters. The molecule has 0 aromatic heterocycles. The number of piperidine rings is 1. The van der Waals surface area contributed by atoms with Gasteiger partial charge in [-0.1, -0.05) is 15.9 Å². The molecule has 0 aliphatic carbocycles. The van der Waals surface area contributed by atoms with Crippen LogP contribution in [-0.4, -0.2) is 13.1 Å². The van der Waals surface area contributed by atoms with Crippen LogP contribution in [0.3, 0.4) is 0 Å². The number of nitrogens with zero attached hydrogens (tertiary/aromatic N) is 1. The van der Waals surface area contributed by atoms with Crippen molar-refractivity contribution in [2.75, 3.05) is 18.0 Å². The lowest BCUT2D eigenvalue weighted by Crippen LogP contribution is -2.29. The van der Waals surface area contributed by atoms with Crippen molar-refractivity contribution in [3.63, 3.8) is 0 Å². The van der Waals surface area contributed by atoms with Crippen molar-refractivity contribution < 1.29 is 0 Å². The number of halogens is 1. The van der Waals surface area contributed by atoms with E-state index >= 15 is 0 Å². The molecule has 0 amide bonds. The van der Waals surface area contributed by atoms with E-state index in [1.807, 2.05) is 0 Å². The van der Waals surface area contributed by atoms with Gasteiger partial charge in [0, 0.05) is 23.2 Å². The monoisotopic (exact) mass is 253 g/mol. The zero-order valence-electron chi connectivity index (χ0n) is 8.59. The van der Waals surface area contributed by atoms with Gasteiger partial charge in [0.05, 0.1) is 0 Å². The van der Waals surface area contributed by atoms with Gasteiger partial charge in [0.1, 0.15) is 0 Å². The SMILES string of the molecule is Cc1cc(Br)ccc1N1CCCCC1. The Kier molecular flexibility index (Phi) is 3.12. The Morgan fingerprint density at radius 3 is 2.50 bits per heavy atom. The van der Waals surface area contributed by atoms with E-state index in [0.29, 0.717) is 0 Å². The van der Waals surface area contributed by atoms with Crippen LogP contribution in [0.1, 0.15) is 24.8 Å². The van der Waals surface area contributed by atoms with E-state index in [-0.39, 0.29) is 0 Å². The van der Waals surface area contributed by atoms with Crippen LogP contribution >= 0.6 is 15.9 Å². The van der Waals surface area contributed by atoms with Crippen LogP contribution < -0.4 is 4.90 Å². The highest BCUT2D eigenvalue weighted by Crippen LogP contribution is 2.26. The van der Waals surface area contributed by atoms with Crippen molar-refractivity contribution >= 4 is 21.6 Å². The number of benzene rings is 1. The maximum atomic E-state index is 3.50. The number of anilines is 1. The number of hydrogen-bond acceptors (Lipinski definition) is 1. The highest BCUT2D eigenvalue weighted by atomic mass is 79.9. The van der Waals surface area contributed by atoms with E-state index < -0.39 is 0 Å². The minimum atomic E-state index is 1.18. The van der Waals surface area contributed by atoms with Gasteiger partial charge in [-0.3, -0.25) is 0 Å². The van der Waals surface area contributed by atoms with Crippen molar-refractivity contribution in [1.29, 1.82) is 0 Å². The summed E-state index contributed by atoms with van der Waals surface area (Å²) in [5.41, 5.74) is 2.79. The summed E-state index contributed by atoms with van der Waals surface area (Å²) in [4.78, 5) is 2.51. The lowest BCUT2D eigenvalue weighted by Gasteiger charge is -2.30. The quantitative estimate of drug-likeness (QED) is 0.737. The molecule has 1 heterocycles. The molecule has 14 heavy (non-hydrogen) atoms. The summed E-state index contributed by atoms with van der Waals surface area (Å²) in [5, 5.41) is 0. The highest BCUT2D eigenvalue weighted by molar-refractivity contribution is 9.10. The van der Waals surface area contributed by atoms with Crippen molar-refractivity contribution in [2.45, 2.75) is 26.2 Å². The zero-order chi connectivity index (χ0) is 9.97. The Morgan fingerprint density at radius 2 is 1.86 bits per heavy atom. The summed E-state index contributed by atoms with van der Waals surface area (Å²) in [5.74, 6) is 0. The molecule has 0 radical (unpaired) electrons. The van der Waals surface area contributed by atoms with Crippen LogP contribution in [0.15, 0.2) is 22.7 Å². The molecule has 0 spiro atoms. The van der Waals surface area contributed by atoms with Gasteiger partial charge < -0.3 is 4.90 Å². The fourth-order valence-electron chi connectivity index (χ4n) is 2.11. The molecule has 2 heteroatoms. The van der Waals surface area contributed by atoms with E-state index in [1.165, 1.54) is 48.1 Å². The molecule has 0 unspecified atom stereocenters. The minimum absolute atomic E-state index is 1.18. The molecule has 2 rings (SSSR count). The maximum absolute atomic E-state index is 3.50. The third kappa shape index (κ3) is 2.11. The first-order valence-electron chi connectivity index (χ1n) is 5.28. The Morgan fingerprint density at radius 1 is 1.14 bits per heavy atom. The largest absolute Gasteiger partial charge is 0.371 e. The van der Waals surface area contributed by atoms with E-state index in [1.54, 1.807) is 0 Å². The second kappa shape index (κ2) is 4.35. The van der Waals surface area contributed by atoms with Gasteiger partial charge >= 0.3 is 0 Å². The average molecular weight is 254 g/mol. The summed E-state index contributed by atoms with van der Waals surface area (Å²) in [6, 6.07) is 6.56. The van der Waals surface area contributed by atoms with Crippen LogP contribution in [0.2, 0.25) is 0 Å². The predicted octanol–water partition coefficient (Wildman–Crippen LogP) is 3.75. The molecule has 1 aliphatic rings. The summed E-state index contributed by atoms with van der Waals surface area (Å²) in [6.45, 7) is 4.64. The van der Waals surface area contributed by atoms with Gasteiger partial charge in [0.2, 0.25) is 0 Å². The van der Waals surface area contributed by atoms with Gasteiger partial charge in [-0.05, 0) is 49.9 Å². The molecule has 1 saturated heterocycles. The van der Waals surface area contributed by atoms with E-state index in [9.17, 15) is 0 Å². The molecule has 1 aromatic carbocycles. The molecule has 1 nitrogen and oxygen atoms in total. The average Bonchev–Trinajstić information content (AvgIpc) is 2.19. The third-order valence-electron chi connectivity index (χ3n) is 2.86. The molecule has 0 bridgehead atoms. The van der Waals surface area contributed by atoms with Crippen LogP contribution in [-0.2, 0) is 0 Å². The van der Waals surface area contributed by atoms with Gasteiger partial charge in [0.15, 0.2) is 0 Å². The first-order valence-corrected chi connectivity index (χ1v) is 6.08. The molecule has 0 saturated carbocycles. The Bertz CT molecular complexity index is 316. The van der Waals surface area contributed by atoms with Gasteiger partial charge in [-0.15, -0.1) is 0 Å². The van der Waals surface area contributed by atoms with E-state index in [2.05, 4.69) is 46.0 Å². The lowest BCUT2D eigenvalue weighted by atomic mass is 10.1. The zero-order valence-corrected chi connectivity index (χ0v) is 10.2. The maximum Gasteiger partial charge on any atom is 0.0396 e. The van der Waals surface area contributed by atoms with Gasteiger partial charge in [0.25, 0.3) is 0 Å². The summed E-state index contributed by atoms with van der Waals surface area (Å²) in [6.07, 6.45) is 4.08. The predicted molar refractivity (Wildman–Crippen MR) is 64.9 cm³/mol. The lowest BCUT2D eigenvalue weighted by molar-refractivity contribution is 0.577. The molecular formula is C12H16BrN. The normalized spacial score (nSPS) is 17.1. The number of rotatable bonds is 1. The first kappa shape index (κ1) is 10.0. The fourth-order valence-corrected chi connectivity index (χ4v) is 2.58. The fraction of sp³-hybridized carbons (Fsp3) is 0.500. The molecule has 1 aromatic rings. The van der Waals surface area contributed by atoms with Gasteiger partial charge in [-0.2, -0.15) is 0 Å². The third-order valence-corrected chi connectivity index (χ3v) is 3.35. The van der Waals surface area contributed by atoms with Crippen molar-refractivity contribution in [3.05, 3.63) is 28.2 Å².